The van der Waals surface area contributed by atoms with Crippen molar-refractivity contribution in [1.82, 2.24) is 20.9 Å². The van der Waals surface area contributed by atoms with E-state index in [1.807, 2.05) is 58.1 Å². The third-order valence-electron chi connectivity index (χ3n) is 6.80. The van der Waals surface area contributed by atoms with Crippen LogP contribution in [0.4, 0.5) is 4.79 Å². The fraction of sp³-hybridized carbons (Fsp3) is 0.552. The van der Waals surface area contributed by atoms with Crippen LogP contribution < -0.4 is 16.0 Å². The molecule has 0 aliphatic rings. The molecule has 0 spiro atoms. The summed E-state index contributed by atoms with van der Waals surface area (Å²) in [7, 11) is -1.16. The summed E-state index contributed by atoms with van der Waals surface area (Å²) in [6.07, 6.45) is -0.508. The van der Waals surface area contributed by atoms with Crippen LogP contribution in [-0.2, 0) is 30.0 Å². The molecule has 0 aliphatic heterocycles. The van der Waals surface area contributed by atoms with Gasteiger partial charge in [0.2, 0.25) is 5.91 Å². The lowest BCUT2D eigenvalue weighted by Crippen LogP contribution is -2.56. The molecule has 0 aliphatic carbocycles. The number of aliphatic hydroxyl groups excluding tert-OH is 1. The third-order valence-corrected chi connectivity index (χ3v) is 12.2. The van der Waals surface area contributed by atoms with Crippen molar-refractivity contribution in [3.63, 3.8) is 0 Å². The van der Waals surface area contributed by atoms with Gasteiger partial charge in [0.05, 0.1) is 20.3 Å². The van der Waals surface area contributed by atoms with Crippen LogP contribution in [0.2, 0.25) is 18.1 Å². The second kappa shape index (κ2) is 14.9. The molecule has 2 aromatic rings. The Morgan fingerprint density at radius 1 is 1.00 bits per heavy atom. The van der Waals surface area contributed by atoms with Crippen LogP contribution in [0.5, 0.6) is 0 Å². The van der Waals surface area contributed by atoms with Gasteiger partial charge < -0.3 is 35.0 Å². The maximum absolute atomic E-state index is 13.2. The van der Waals surface area contributed by atoms with Gasteiger partial charge in [0, 0.05) is 17.5 Å². The summed E-state index contributed by atoms with van der Waals surface area (Å²) in [4.78, 5) is 54.6. The van der Waals surface area contributed by atoms with E-state index in [0.717, 1.165) is 18.2 Å². The normalized spacial score (nSPS) is 13.4. The van der Waals surface area contributed by atoms with Gasteiger partial charge in [0.25, 0.3) is 5.91 Å². The molecule has 0 saturated heterocycles. The predicted molar refractivity (Wildman–Crippen MR) is 166 cm³/mol. The minimum Gasteiger partial charge on any atom is -0.467 e. The number of amides is 3. The van der Waals surface area contributed by atoms with E-state index < -0.39 is 56.5 Å². The molecule has 12 nitrogen and oxygen atoms in total. The number of aromatic nitrogens is 1. The molecule has 43 heavy (non-hydrogen) atoms. The second-order valence-corrected chi connectivity index (χ2v) is 18.1. The SMILES string of the molecule is COC(=O)C(CO)NC(=O)C(CO[Si](C)(C)C(C)(C)C)NC(=O)c1csc(-c2ccc(CNC(=O)OC(C)(C)C)cc2)n1. The highest BCUT2D eigenvalue weighted by molar-refractivity contribution is 7.13. The van der Waals surface area contributed by atoms with Gasteiger partial charge in [-0.25, -0.2) is 14.6 Å². The maximum atomic E-state index is 13.2. The van der Waals surface area contributed by atoms with E-state index in [9.17, 15) is 24.3 Å². The van der Waals surface area contributed by atoms with Crippen LogP contribution >= 0.6 is 11.3 Å². The number of ether oxygens (including phenoxy) is 2. The average molecular weight is 637 g/mol. The molecule has 0 saturated carbocycles. The van der Waals surface area contributed by atoms with Gasteiger partial charge in [-0.15, -0.1) is 11.3 Å². The predicted octanol–water partition coefficient (Wildman–Crippen LogP) is 3.61. The number of alkyl carbamates (subject to hydrolysis) is 1. The standard InChI is InChI=1S/C29H44N4O8SSi/c1-28(2,3)41-27(38)30-14-18-10-12-19(13-11-18)25-33-22(17-42-25)24(36)32-21(16-40-43(8,9)29(4,5)6)23(35)31-20(15-34)26(37)39-7/h10-13,17,20-21,34H,14-16H2,1-9H3,(H,30,38)(H,31,35)(H,32,36). The summed E-state index contributed by atoms with van der Waals surface area (Å²) in [5.41, 5.74) is 1.14. The summed E-state index contributed by atoms with van der Waals surface area (Å²) in [6.45, 7) is 15.0. The molecule has 1 aromatic carbocycles. The lowest BCUT2D eigenvalue weighted by molar-refractivity contribution is -0.146. The number of thiazole rings is 1. The molecular formula is C29H44N4O8SSi. The third kappa shape index (κ3) is 11.0. The number of methoxy groups -OCH3 is 1. The van der Waals surface area contributed by atoms with Crippen LogP contribution in [-0.4, -0.2) is 80.3 Å². The summed E-state index contributed by atoms with van der Waals surface area (Å²) in [5.74, 6) is -2.12. The number of rotatable bonds is 12. The summed E-state index contributed by atoms with van der Waals surface area (Å²) in [5, 5.41) is 19.4. The van der Waals surface area contributed by atoms with E-state index in [1.54, 1.807) is 26.2 Å². The summed E-state index contributed by atoms with van der Waals surface area (Å²) >= 11 is 1.26. The van der Waals surface area contributed by atoms with Crippen molar-refractivity contribution in [1.29, 1.82) is 0 Å². The molecule has 0 bridgehead atoms. The number of nitrogens with one attached hydrogen (secondary N) is 3. The molecule has 1 aromatic heterocycles. The Hall–Kier alpha value is -3.33. The fourth-order valence-corrected chi connectivity index (χ4v) is 5.10. The lowest BCUT2D eigenvalue weighted by atomic mass is 10.1. The minimum atomic E-state index is -2.30. The first-order valence-corrected chi connectivity index (χ1v) is 17.6. The van der Waals surface area contributed by atoms with Crippen LogP contribution in [0.3, 0.4) is 0 Å². The monoisotopic (exact) mass is 636 g/mol. The van der Waals surface area contributed by atoms with Crippen LogP contribution in [0.15, 0.2) is 29.6 Å². The Balaban J connectivity index is 2.14. The minimum absolute atomic E-state index is 0.104. The summed E-state index contributed by atoms with van der Waals surface area (Å²) < 4.78 is 16.1. The van der Waals surface area contributed by atoms with E-state index in [4.69, 9.17) is 9.16 Å². The number of benzene rings is 1. The average Bonchev–Trinajstić information content (AvgIpc) is 3.41. The molecule has 2 unspecified atom stereocenters. The highest BCUT2D eigenvalue weighted by Gasteiger charge is 2.39. The number of carbonyl (C=O) groups excluding carboxylic acids is 4. The zero-order valence-corrected chi connectivity index (χ0v) is 28.1. The molecule has 4 N–H and O–H groups in total. The molecule has 1 heterocycles. The van der Waals surface area contributed by atoms with Gasteiger partial charge in [0.15, 0.2) is 14.4 Å². The topological polar surface area (TPSA) is 165 Å². The number of esters is 1. The first-order valence-electron chi connectivity index (χ1n) is 13.8. The summed E-state index contributed by atoms with van der Waals surface area (Å²) in [6, 6.07) is 4.88. The molecule has 0 fully saturated rings. The number of hydrogen-bond donors (Lipinski definition) is 4. The van der Waals surface area contributed by atoms with Crippen LogP contribution in [0.25, 0.3) is 10.6 Å². The van der Waals surface area contributed by atoms with Crippen molar-refractivity contribution < 1.29 is 38.2 Å². The van der Waals surface area contributed by atoms with Crippen molar-refractivity contribution >= 4 is 43.5 Å². The molecule has 0 radical (unpaired) electrons. The molecule has 2 rings (SSSR count). The first-order chi connectivity index (χ1) is 19.9. The van der Waals surface area contributed by atoms with E-state index in [1.165, 1.54) is 11.3 Å². The number of aliphatic hydroxyl groups is 1. The van der Waals surface area contributed by atoms with Crippen LogP contribution in [0.1, 0.15) is 57.6 Å². The van der Waals surface area contributed by atoms with Gasteiger partial charge in [-0.3, -0.25) is 9.59 Å². The Kier molecular flexibility index (Phi) is 12.4. The fourth-order valence-electron chi connectivity index (χ4n) is 3.28. The van der Waals surface area contributed by atoms with Crippen molar-refractivity contribution in [3.8, 4) is 10.6 Å². The number of nitrogens with zero attached hydrogens (tertiary/aromatic N) is 1. The Bertz CT molecular complexity index is 1270. The second-order valence-electron chi connectivity index (χ2n) is 12.5. The zero-order valence-electron chi connectivity index (χ0n) is 26.3. The molecular weight excluding hydrogens is 592 g/mol. The molecule has 14 heteroatoms. The lowest BCUT2D eigenvalue weighted by Gasteiger charge is -2.37. The van der Waals surface area contributed by atoms with E-state index in [0.29, 0.717) is 5.01 Å². The molecule has 2 atom stereocenters. The quantitative estimate of drug-likeness (QED) is 0.201. The largest absolute Gasteiger partial charge is 0.467 e. The Labute approximate surface area is 258 Å². The van der Waals surface area contributed by atoms with Gasteiger partial charge >= 0.3 is 12.1 Å². The highest BCUT2D eigenvalue weighted by Crippen LogP contribution is 2.36. The van der Waals surface area contributed by atoms with Gasteiger partial charge in [-0.05, 0) is 44.5 Å². The van der Waals surface area contributed by atoms with E-state index >= 15 is 0 Å². The number of carbonyl (C=O) groups is 4. The van der Waals surface area contributed by atoms with Crippen molar-refractivity contribution in [3.05, 3.63) is 40.9 Å². The van der Waals surface area contributed by atoms with E-state index in [-0.39, 0.29) is 23.9 Å². The number of hydrogen-bond acceptors (Lipinski definition) is 10. The maximum Gasteiger partial charge on any atom is 0.407 e. The van der Waals surface area contributed by atoms with E-state index in [2.05, 4.69) is 25.7 Å². The Morgan fingerprint density at radius 3 is 2.16 bits per heavy atom. The van der Waals surface area contributed by atoms with Gasteiger partial charge in [0.1, 0.15) is 22.3 Å². The van der Waals surface area contributed by atoms with Gasteiger partial charge in [-0.2, -0.15) is 0 Å². The highest BCUT2D eigenvalue weighted by atomic mass is 32.1. The zero-order chi connectivity index (χ0) is 32.6. The van der Waals surface area contributed by atoms with Crippen molar-refractivity contribution in [2.45, 2.75) is 83.9 Å². The first kappa shape index (κ1) is 35.9. The van der Waals surface area contributed by atoms with Gasteiger partial charge in [-0.1, -0.05) is 45.0 Å². The van der Waals surface area contributed by atoms with Crippen LogP contribution in [0, 0.1) is 0 Å². The molecule has 238 valence electrons. The molecule has 3 amide bonds. The smallest absolute Gasteiger partial charge is 0.407 e. The Morgan fingerprint density at radius 2 is 1.63 bits per heavy atom. The van der Waals surface area contributed by atoms with Crippen molar-refractivity contribution in [2.24, 2.45) is 0 Å². The van der Waals surface area contributed by atoms with Crippen molar-refractivity contribution in [2.75, 3.05) is 20.3 Å².